The summed E-state index contributed by atoms with van der Waals surface area (Å²) in [4.78, 5) is 10.8. The van der Waals surface area contributed by atoms with Crippen molar-refractivity contribution in [1.29, 1.82) is 0 Å². The first-order valence-corrected chi connectivity index (χ1v) is 3.77. The van der Waals surface area contributed by atoms with E-state index in [1.54, 1.807) is 0 Å². The molecule has 9 heavy (non-hydrogen) atoms. The van der Waals surface area contributed by atoms with Crippen molar-refractivity contribution >= 4 is 21.7 Å². The zero-order valence-electron chi connectivity index (χ0n) is 4.80. The van der Waals surface area contributed by atoms with Crippen molar-refractivity contribution in [2.24, 2.45) is 0 Å². The number of carbonyl (C=O) groups is 1. The second-order valence-corrected chi connectivity index (χ2v) is 2.29. The van der Waals surface area contributed by atoms with Crippen LogP contribution in [0, 0.1) is 31.6 Å². The lowest BCUT2D eigenvalue weighted by Crippen LogP contribution is -2.09. The minimum atomic E-state index is 0.139. The van der Waals surface area contributed by atoms with Crippen LogP contribution in [0.5, 0.6) is 0 Å². The van der Waals surface area contributed by atoms with Crippen molar-refractivity contribution in [3.05, 3.63) is 31.6 Å². The fraction of sp³-hybridized carbons (Fsp3) is 0.143. The van der Waals surface area contributed by atoms with E-state index in [2.05, 4.69) is 15.9 Å². The number of rotatable bonds is 2. The Morgan fingerprint density at radius 2 is 2.00 bits per heavy atom. The highest BCUT2D eigenvalue weighted by Crippen LogP contribution is 2.23. The van der Waals surface area contributed by atoms with Crippen LogP contribution in [-0.4, -0.2) is 11.1 Å². The Hall–Kier alpha value is 0.150. The number of ketones is 1. The van der Waals surface area contributed by atoms with E-state index in [0.29, 0.717) is 5.33 Å². The summed E-state index contributed by atoms with van der Waals surface area (Å²) in [5.41, 5.74) is 0. The number of alkyl halides is 1. The van der Waals surface area contributed by atoms with E-state index in [0.717, 1.165) is 5.92 Å². The van der Waals surface area contributed by atoms with Crippen LogP contribution in [0.25, 0.3) is 0 Å². The summed E-state index contributed by atoms with van der Waals surface area (Å²) in [6.45, 7) is 0. The highest BCUT2D eigenvalue weighted by molar-refractivity contribution is 9.09. The van der Waals surface area contributed by atoms with Crippen LogP contribution in [0.4, 0.5) is 0 Å². The zero-order chi connectivity index (χ0) is 6.69. The van der Waals surface area contributed by atoms with Crippen LogP contribution in [-0.2, 0) is 4.79 Å². The molecule has 0 bridgehead atoms. The van der Waals surface area contributed by atoms with Crippen LogP contribution in [0.3, 0.4) is 0 Å². The molecule has 0 atom stereocenters. The lowest BCUT2D eigenvalue weighted by atomic mass is 10.0. The molecule has 0 spiro atoms. The topological polar surface area (TPSA) is 17.1 Å². The lowest BCUT2D eigenvalue weighted by molar-refractivity contribution is -0.114. The van der Waals surface area contributed by atoms with Crippen LogP contribution in [0.1, 0.15) is 0 Å². The molecule has 0 aliphatic heterocycles. The van der Waals surface area contributed by atoms with Crippen LogP contribution < -0.4 is 0 Å². The van der Waals surface area contributed by atoms with Crippen molar-refractivity contribution in [1.82, 2.24) is 0 Å². The molecule has 0 saturated heterocycles. The predicted molar refractivity (Wildman–Crippen MR) is 39.2 cm³/mol. The summed E-state index contributed by atoms with van der Waals surface area (Å²) in [5, 5.41) is 0.414. The monoisotopic (exact) mass is 185 g/mol. The fourth-order valence-electron chi connectivity index (χ4n) is 0.637. The van der Waals surface area contributed by atoms with Crippen LogP contribution in [0.15, 0.2) is 0 Å². The maximum atomic E-state index is 10.8. The Morgan fingerprint density at radius 1 is 1.44 bits per heavy atom. The number of halogens is 1. The Balaban J connectivity index is 2.32. The van der Waals surface area contributed by atoms with Crippen molar-refractivity contribution in [2.45, 2.75) is 0 Å². The maximum Gasteiger partial charge on any atom is 0.151 e. The van der Waals surface area contributed by atoms with E-state index in [1.807, 2.05) is 25.7 Å². The normalized spacial score (nSPS) is 20.6. The molecule has 1 rings (SSSR count). The van der Waals surface area contributed by atoms with Gasteiger partial charge < -0.3 is 0 Å². The minimum Gasteiger partial charge on any atom is -0.298 e. The first-order valence-electron chi connectivity index (χ1n) is 2.65. The van der Waals surface area contributed by atoms with Gasteiger partial charge in [0.2, 0.25) is 0 Å². The maximum absolute atomic E-state index is 10.8. The van der Waals surface area contributed by atoms with Gasteiger partial charge in [0.1, 0.15) is 0 Å². The molecule has 0 aromatic rings. The molecule has 0 N–H and O–H groups in total. The van der Waals surface area contributed by atoms with Gasteiger partial charge in [-0.05, 0) is 25.7 Å². The predicted octanol–water partition coefficient (Wildman–Crippen LogP) is 1.36. The molecular formula is C7H6BrO. The number of hydrogen-bond acceptors (Lipinski definition) is 1. The number of hydrogen-bond donors (Lipinski definition) is 0. The van der Waals surface area contributed by atoms with Gasteiger partial charge in [0.05, 0.1) is 5.33 Å². The minimum absolute atomic E-state index is 0.139. The Morgan fingerprint density at radius 3 is 2.44 bits per heavy atom. The van der Waals surface area contributed by atoms with E-state index in [-0.39, 0.29) is 5.78 Å². The summed E-state index contributed by atoms with van der Waals surface area (Å²) >= 11 is 3.09. The van der Waals surface area contributed by atoms with Crippen molar-refractivity contribution in [2.75, 3.05) is 5.33 Å². The average Bonchev–Trinajstić information content (AvgIpc) is 2.37. The Bertz CT molecular complexity index is 105. The third kappa shape index (κ3) is 1.78. The van der Waals surface area contributed by atoms with Crippen molar-refractivity contribution in [3.8, 4) is 0 Å². The molecule has 1 fully saturated rings. The summed E-state index contributed by atoms with van der Waals surface area (Å²) in [5.74, 6) is 0.923. The number of carbonyl (C=O) groups excluding carboxylic acids is 1. The fourth-order valence-corrected chi connectivity index (χ4v) is 0.961. The van der Waals surface area contributed by atoms with E-state index < -0.39 is 0 Å². The average molecular weight is 186 g/mol. The molecular weight excluding hydrogens is 180 g/mol. The third-order valence-corrected chi connectivity index (χ3v) is 1.62. The number of Topliss-reactive ketones (excluding diaryl/α,β-unsaturated/α-hetero) is 1. The van der Waals surface area contributed by atoms with Gasteiger partial charge in [-0.1, -0.05) is 15.9 Å². The molecule has 47 valence electrons. The van der Waals surface area contributed by atoms with E-state index in [1.165, 1.54) is 0 Å². The Kier molecular flexibility index (Phi) is 2.70. The second kappa shape index (κ2) is 3.35. The van der Waals surface area contributed by atoms with Gasteiger partial charge in [-0.15, -0.1) is 0 Å². The van der Waals surface area contributed by atoms with E-state index >= 15 is 0 Å². The lowest BCUT2D eigenvalue weighted by Gasteiger charge is -2.00. The SMILES string of the molecule is O=C(CBr)[C]1[CH][CH][CH][CH]1. The molecule has 0 heterocycles. The quantitative estimate of drug-likeness (QED) is 0.595. The highest BCUT2D eigenvalue weighted by atomic mass is 79.9. The zero-order valence-corrected chi connectivity index (χ0v) is 6.39. The van der Waals surface area contributed by atoms with Crippen LogP contribution in [0.2, 0.25) is 0 Å². The van der Waals surface area contributed by atoms with E-state index in [4.69, 9.17) is 0 Å². The Labute approximate surface area is 64.0 Å². The molecule has 1 aliphatic rings. The van der Waals surface area contributed by atoms with Gasteiger partial charge in [0, 0.05) is 5.92 Å². The molecule has 0 aromatic carbocycles. The van der Waals surface area contributed by atoms with E-state index in [9.17, 15) is 4.79 Å². The summed E-state index contributed by atoms with van der Waals surface area (Å²) in [7, 11) is 0. The van der Waals surface area contributed by atoms with Gasteiger partial charge >= 0.3 is 0 Å². The highest BCUT2D eigenvalue weighted by Gasteiger charge is 2.22. The summed E-state index contributed by atoms with van der Waals surface area (Å²) in [6, 6.07) is 0. The second-order valence-electron chi connectivity index (χ2n) is 1.73. The third-order valence-electron chi connectivity index (χ3n) is 1.11. The van der Waals surface area contributed by atoms with Crippen LogP contribution >= 0.6 is 15.9 Å². The molecule has 0 amide bonds. The van der Waals surface area contributed by atoms with Crippen molar-refractivity contribution < 1.29 is 4.79 Å². The largest absolute Gasteiger partial charge is 0.298 e. The molecule has 1 nitrogen and oxygen atoms in total. The van der Waals surface area contributed by atoms with Gasteiger partial charge in [0.15, 0.2) is 5.78 Å². The van der Waals surface area contributed by atoms with Gasteiger partial charge in [-0.2, -0.15) is 0 Å². The molecule has 0 aromatic heterocycles. The van der Waals surface area contributed by atoms with Gasteiger partial charge in [-0.3, -0.25) is 4.79 Å². The molecule has 0 unspecified atom stereocenters. The standard InChI is InChI=1S/C7H6BrO/c8-5-7(9)6-3-1-2-4-6/h1-4H,5H2. The van der Waals surface area contributed by atoms with Crippen molar-refractivity contribution in [3.63, 3.8) is 0 Å². The molecule has 1 saturated carbocycles. The molecule has 5 radical (unpaired) electrons. The first-order chi connectivity index (χ1) is 4.34. The van der Waals surface area contributed by atoms with Gasteiger partial charge in [-0.25, -0.2) is 0 Å². The molecule has 1 aliphatic carbocycles. The summed E-state index contributed by atoms with van der Waals surface area (Å²) < 4.78 is 0. The molecule has 2 heteroatoms. The summed E-state index contributed by atoms with van der Waals surface area (Å²) in [6.07, 6.45) is 7.33. The van der Waals surface area contributed by atoms with Gasteiger partial charge in [0.25, 0.3) is 0 Å². The smallest absolute Gasteiger partial charge is 0.151 e. The first kappa shape index (κ1) is 7.26.